The lowest BCUT2D eigenvalue weighted by Crippen LogP contribution is -2.55. The first kappa shape index (κ1) is 18.2. The zero-order valence-corrected chi connectivity index (χ0v) is 17.0. The molecule has 0 aromatic heterocycles. The van der Waals surface area contributed by atoms with Crippen LogP contribution >= 0.6 is 0 Å². The quantitative estimate of drug-likeness (QED) is 0.737. The van der Waals surface area contributed by atoms with E-state index in [0.29, 0.717) is 25.1 Å². The predicted molar refractivity (Wildman–Crippen MR) is 110 cm³/mol. The molecule has 0 aliphatic carbocycles. The second-order valence-electron chi connectivity index (χ2n) is 9.55. The third-order valence-corrected chi connectivity index (χ3v) is 6.27. The fourth-order valence-corrected chi connectivity index (χ4v) is 5.12. The van der Waals surface area contributed by atoms with Gasteiger partial charge in [0.2, 0.25) is 5.91 Å². The van der Waals surface area contributed by atoms with Crippen molar-refractivity contribution < 1.29 is 14.4 Å². The molecule has 150 valence electrons. The van der Waals surface area contributed by atoms with Crippen LogP contribution < -0.4 is 4.90 Å². The molecule has 3 atom stereocenters. The van der Waals surface area contributed by atoms with E-state index in [1.165, 1.54) is 4.90 Å². The number of hydrogen-bond acceptors (Lipinski definition) is 3. The second kappa shape index (κ2) is 6.05. The summed E-state index contributed by atoms with van der Waals surface area (Å²) < 4.78 is 0. The SMILES string of the molecule is CC(C)(C)CC(=O)N1C[C@H]2CC1[C@@H]1C(=O)N(c3cccc4ccccc34)C(=O)N21. The molecule has 2 bridgehead atoms. The van der Waals surface area contributed by atoms with E-state index in [0.717, 1.165) is 10.8 Å². The van der Waals surface area contributed by atoms with Crippen molar-refractivity contribution in [3.05, 3.63) is 42.5 Å². The predicted octanol–water partition coefficient (Wildman–Crippen LogP) is 3.40. The summed E-state index contributed by atoms with van der Waals surface area (Å²) in [6.07, 6.45) is 1.14. The molecule has 3 saturated heterocycles. The van der Waals surface area contributed by atoms with Crippen LogP contribution in [0.15, 0.2) is 42.5 Å². The number of hydrogen-bond donors (Lipinski definition) is 0. The van der Waals surface area contributed by atoms with Crippen molar-refractivity contribution in [2.45, 2.75) is 51.7 Å². The van der Waals surface area contributed by atoms with Crippen LogP contribution in [0.4, 0.5) is 10.5 Å². The van der Waals surface area contributed by atoms with Gasteiger partial charge in [-0.2, -0.15) is 0 Å². The van der Waals surface area contributed by atoms with Crippen LogP contribution in [-0.4, -0.2) is 52.3 Å². The zero-order chi connectivity index (χ0) is 20.5. The molecule has 3 fully saturated rings. The van der Waals surface area contributed by atoms with E-state index in [9.17, 15) is 14.4 Å². The molecule has 6 nitrogen and oxygen atoms in total. The number of piperazine rings is 1. The lowest BCUT2D eigenvalue weighted by Gasteiger charge is -2.36. The minimum atomic E-state index is -0.566. The normalized spacial score (nSPS) is 26.0. The number of urea groups is 1. The maximum atomic E-state index is 13.4. The molecule has 6 heteroatoms. The molecular formula is C23H25N3O3. The average Bonchev–Trinajstić information content (AvgIpc) is 3.32. The number of likely N-dealkylation sites (tertiary alicyclic amines) is 1. The first-order chi connectivity index (χ1) is 13.8. The monoisotopic (exact) mass is 391 g/mol. The molecule has 0 radical (unpaired) electrons. The van der Waals surface area contributed by atoms with Gasteiger partial charge < -0.3 is 9.80 Å². The van der Waals surface area contributed by atoms with Crippen molar-refractivity contribution in [2.24, 2.45) is 5.41 Å². The van der Waals surface area contributed by atoms with Crippen LogP contribution in [0.2, 0.25) is 0 Å². The van der Waals surface area contributed by atoms with Crippen LogP contribution in [0.5, 0.6) is 0 Å². The number of imide groups is 1. The highest BCUT2D eigenvalue weighted by atomic mass is 16.2. The highest BCUT2D eigenvalue weighted by Gasteiger charge is 2.62. The van der Waals surface area contributed by atoms with Gasteiger partial charge in [-0.15, -0.1) is 0 Å². The summed E-state index contributed by atoms with van der Waals surface area (Å²) in [4.78, 5) is 44.4. The standard InChI is InChI=1S/C23H25N3O3/c1-23(2,3)12-19(27)24-13-15-11-18(24)20-21(28)26(22(29)25(15)20)17-10-6-8-14-7-4-5-9-16(14)17/h4-10,15,18,20H,11-13H2,1-3H3/t15-,18?,20-/m1/s1. The molecule has 0 spiro atoms. The number of anilines is 1. The van der Waals surface area contributed by atoms with Gasteiger partial charge in [-0.05, 0) is 23.3 Å². The maximum Gasteiger partial charge on any atom is 0.332 e. The van der Waals surface area contributed by atoms with Gasteiger partial charge in [0, 0.05) is 18.4 Å². The summed E-state index contributed by atoms with van der Waals surface area (Å²) in [5.74, 6) is -0.138. The van der Waals surface area contributed by atoms with Crippen molar-refractivity contribution in [2.75, 3.05) is 11.4 Å². The largest absolute Gasteiger partial charge is 0.335 e. The van der Waals surface area contributed by atoms with E-state index in [1.807, 2.05) is 68.1 Å². The molecule has 29 heavy (non-hydrogen) atoms. The number of rotatable bonds is 2. The lowest BCUT2D eigenvalue weighted by molar-refractivity contribution is -0.137. The topological polar surface area (TPSA) is 60.9 Å². The van der Waals surface area contributed by atoms with Crippen molar-refractivity contribution >= 4 is 34.3 Å². The van der Waals surface area contributed by atoms with E-state index in [4.69, 9.17) is 0 Å². The zero-order valence-electron chi connectivity index (χ0n) is 17.0. The van der Waals surface area contributed by atoms with Gasteiger partial charge in [0.05, 0.1) is 17.8 Å². The molecule has 4 amide bonds. The first-order valence-corrected chi connectivity index (χ1v) is 10.2. The Morgan fingerprint density at radius 2 is 1.79 bits per heavy atom. The summed E-state index contributed by atoms with van der Waals surface area (Å²) in [5, 5.41) is 1.87. The number of nitrogens with zero attached hydrogens (tertiary/aromatic N) is 3. The van der Waals surface area contributed by atoms with Gasteiger partial charge >= 0.3 is 6.03 Å². The van der Waals surface area contributed by atoms with Crippen molar-refractivity contribution in [1.82, 2.24) is 9.80 Å². The Bertz CT molecular complexity index is 1040. The Morgan fingerprint density at radius 3 is 2.55 bits per heavy atom. The molecule has 2 aromatic carbocycles. The smallest absolute Gasteiger partial charge is 0.332 e. The van der Waals surface area contributed by atoms with Gasteiger partial charge in [0.1, 0.15) is 6.04 Å². The Kier molecular flexibility index (Phi) is 3.79. The van der Waals surface area contributed by atoms with Crippen molar-refractivity contribution in [1.29, 1.82) is 0 Å². The van der Waals surface area contributed by atoms with E-state index in [1.54, 1.807) is 4.90 Å². The molecule has 3 heterocycles. The summed E-state index contributed by atoms with van der Waals surface area (Å²) in [6, 6.07) is 12.3. The van der Waals surface area contributed by atoms with E-state index in [2.05, 4.69) is 0 Å². The molecule has 2 aromatic rings. The van der Waals surface area contributed by atoms with Gasteiger partial charge in [-0.3, -0.25) is 9.59 Å². The minimum Gasteiger partial charge on any atom is -0.335 e. The summed E-state index contributed by atoms with van der Waals surface area (Å²) in [5.41, 5.74) is 0.516. The van der Waals surface area contributed by atoms with Crippen LogP contribution in [0.3, 0.4) is 0 Å². The highest BCUT2D eigenvalue weighted by Crippen LogP contribution is 2.44. The molecule has 3 aliphatic rings. The Labute approximate surface area is 170 Å². The van der Waals surface area contributed by atoms with Crippen LogP contribution in [0, 0.1) is 5.41 Å². The van der Waals surface area contributed by atoms with Crippen molar-refractivity contribution in [3.8, 4) is 0 Å². The number of carbonyl (C=O) groups excluding carboxylic acids is 3. The molecular weight excluding hydrogens is 366 g/mol. The molecule has 0 saturated carbocycles. The number of amides is 4. The van der Waals surface area contributed by atoms with Gasteiger partial charge in [-0.25, -0.2) is 9.69 Å². The lowest BCUT2D eigenvalue weighted by atomic mass is 9.91. The van der Waals surface area contributed by atoms with Crippen molar-refractivity contribution in [3.63, 3.8) is 0 Å². The summed E-state index contributed by atoms with van der Waals surface area (Å²) in [7, 11) is 0. The number of fused-ring (bicyclic) bond motifs is 6. The fourth-order valence-electron chi connectivity index (χ4n) is 5.12. The van der Waals surface area contributed by atoms with E-state index < -0.39 is 6.04 Å². The minimum absolute atomic E-state index is 0.0773. The van der Waals surface area contributed by atoms with E-state index in [-0.39, 0.29) is 35.3 Å². The summed E-state index contributed by atoms with van der Waals surface area (Å²) >= 11 is 0. The Balaban J connectivity index is 1.48. The van der Waals surface area contributed by atoms with Gasteiger partial charge in [0.15, 0.2) is 0 Å². The maximum absolute atomic E-state index is 13.4. The molecule has 0 N–H and O–H groups in total. The fraction of sp³-hybridized carbons (Fsp3) is 0.435. The Hall–Kier alpha value is -2.89. The number of benzene rings is 2. The summed E-state index contributed by atoms with van der Waals surface area (Å²) in [6.45, 7) is 6.65. The third-order valence-electron chi connectivity index (χ3n) is 6.27. The molecule has 1 unspecified atom stereocenters. The molecule has 3 aliphatic heterocycles. The third kappa shape index (κ3) is 2.65. The Morgan fingerprint density at radius 1 is 1.07 bits per heavy atom. The van der Waals surface area contributed by atoms with Crippen LogP contribution in [0.1, 0.15) is 33.6 Å². The van der Waals surface area contributed by atoms with E-state index >= 15 is 0 Å². The molecule has 5 rings (SSSR count). The van der Waals surface area contributed by atoms with Crippen LogP contribution in [0.25, 0.3) is 10.8 Å². The first-order valence-electron chi connectivity index (χ1n) is 10.2. The average molecular weight is 391 g/mol. The van der Waals surface area contributed by atoms with Gasteiger partial charge in [0.25, 0.3) is 5.91 Å². The number of carbonyl (C=O) groups is 3. The second-order valence-corrected chi connectivity index (χ2v) is 9.55. The highest BCUT2D eigenvalue weighted by molar-refractivity contribution is 6.25. The van der Waals surface area contributed by atoms with Gasteiger partial charge in [-0.1, -0.05) is 57.2 Å². The van der Waals surface area contributed by atoms with Crippen LogP contribution in [-0.2, 0) is 9.59 Å².